The number of fused-ring (bicyclic) bond motifs is 1. The van der Waals surface area contributed by atoms with Gasteiger partial charge in [-0.05, 0) is 43.4 Å². The van der Waals surface area contributed by atoms with Gasteiger partial charge in [0.15, 0.2) is 0 Å². The molecule has 152 valence electrons. The SMILES string of the molecule is O=C(O)CCC1CCN(c2ccc3c(c2)C(=O)N(C2CCC(=O)NC2=O)C3=O)C1. The summed E-state index contributed by atoms with van der Waals surface area (Å²) in [4.78, 5) is 62.9. The Bertz CT molecular complexity index is 927. The zero-order valence-electron chi connectivity index (χ0n) is 15.7. The maximum absolute atomic E-state index is 12.9. The Morgan fingerprint density at radius 3 is 2.59 bits per heavy atom. The van der Waals surface area contributed by atoms with Crippen LogP contribution >= 0.6 is 0 Å². The highest BCUT2D eigenvalue weighted by Crippen LogP contribution is 2.33. The molecule has 9 nitrogen and oxygen atoms in total. The highest BCUT2D eigenvalue weighted by atomic mass is 16.4. The molecule has 0 bridgehead atoms. The third-order valence-electron chi connectivity index (χ3n) is 5.84. The summed E-state index contributed by atoms with van der Waals surface area (Å²) in [5.74, 6) is -2.61. The van der Waals surface area contributed by atoms with E-state index in [0.29, 0.717) is 13.0 Å². The fraction of sp³-hybridized carbons (Fsp3) is 0.450. The van der Waals surface area contributed by atoms with E-state index >= 15 is 0 Å². The number of rotatable bonds is 5. The van der Waals surface area contributed by atoms with E-state index in [-0.39, 0.29) is 36.3 Å². The topological polar surface area (TPSA) is 124 Å². The first-order valence-corrected chi connectivity index (χ1v) is 9.67. The quantitative estimate of drug-likeness (QED) is 0.701. The maximum Gasteiger partial charge on any atom is 0.303 e. The van der Waals surface area contributed by atoms with Gasteiger partial charge in [0.25, 0.3) is 11.8 Å². The van der Waals surface area contributed by atoms with Crippen molar-refractivity contribution in [3.63, 3.8) is 0 Å². The zero-order valence-corrected chi connectivity index (χ0v) is 15.7. The van der Waals surface area contributed by atoms with Gasteiger partial charge in [0.2, 0.25) is 11.8 Å². The molecule has 0 aliphatic carbocycles. The molecule has 3 heterocycles. The van der Waals surface area contributed by atoms with Crippen LogP contribution in [0.4, 0.5) is 5.69 Å². The summed E-state index contributed by atoms with van der Waals surface area (Å²) in [6.07, 6.45) is 1.83. The number of carbonyl (C=O) groups excluding carboxylic acids is 4. The van der Waals surface area contributed by atoms with Crippen LogP contribution in [0.15, 0.2) is 18.2 Å². The summed E-state index contributed by atoms with van der Waals surface area (Å²) in [5, 5.41) is 11.0. The minimum Gasteiger partial charge on any atom is -0.481 e. The Hall–Kier alpha value is -3.23. The van der Waals surface area contributed by atoms with Crippen LogP contribution in [0.1, 0.15) is 52.8 Å². The first-order valence-electron chi connectivity index (χ1n) is 9.67. The van der Waals surface area contributed by atoms with E-state index < -0.39 is 35.6 Å². The molecular formula is C20H21N3O6. The number of piperidine rings is 1. The molecule has 2 saturated heterocycles. The van der Waals surface area contributed by atoms with Crippen molar-refractivity contribution in [2.75, 3.05) is 18.0 Å². The van der Waals surface area contributed by atoms with E-state index in [0.717, 1.165) is 23.6 Å². The normalized spacial score (nSPS) is 24.1. The average Bonchev–Trinajstić information content (AvgIpc) is 3.25. The van der Waals surface area contributed by atoms with Crippen molar-refractivity contribution >= 4 is 35.3 Å². The number of benzene rings is 1. The molecule has 1 aromatic carbocycles. The number of nitrogens with one attached hydrogen (secondary N) is 1. The average molecular weight is 399 g/mol. The number of carboxylic acids is 1. The van der Waals surface area contributed by atoms with E-state index in [4.69, 9.17) is 5.11 Å². The lowest BCUT2D eigenvalue weighted by Crippen LogP contribution is -2.54. The van der Waals surface area contributed by atoms with E-state index in [2.05, 4.69) is 10.2 Å². The van der Waals surface area contributed by atoms with Crippen molar-refractivity contribution in [3.8, 4) is 0 Å². The molecule has 2 fully saturated rings. The molecule has 2 N–H and O–H groups in total. The molecular weight excluding hydrogens is 378 g/mol. The molecule has 29 heavy (non-hydrogen) atoms. The van der Waals surface area contributed by atoms with Crippen molar-refractivity contribution in [2.24, 2.45) is 5.92 Å². The smallest absolute Gasteiger partial charge is 0.303 e. The van der Waals surface area contributed by atoms with Crippen LogP contribution in [0.2, 0.25) is 0 Å². The van der Waals surface area contributed by atoms with Gasteiger partial charge in [-0.2, -0.15) is 0 Å². The first-order chi connectivity index (χ1) is 13.8. The molecule has 4 amide bonds. The van der Waals surface area contributed by atoms with Crippen LogP contribution in [0.3, 0.4) is 0 Å². The predicted octanol–water partition coefficient (Wildman–Crippen LogP) is 0.779. The molecule has 2 atom stereocenters. The van der Waals surface area contributed by atoms with E-state index in [1.165, 1.54) is 0 Å². The molecule has 0 radical (unpaired) electrons. The summed E-state index contributed by atoms with van der Waals surface area (Å²) < 4.78 is 0. The number of carbonyl (C=O) groups is 5. The van der Waals surface area contributed by atoms with Gasteiger partial charge in [-0.15, -0.1) is 0 Å². The van der Waals surface area contributed by atoms with E-state index in [9.17, 15) is 24.0 Å². The van der Waals surface area contributed by atoms with Gasteiger partial charge < -0.3 is 10.0 Å². The molecule has 4 rings (SSSR count). The number of amides is 4. The summed E-state index contributed by atoms with van der Waals surface area (Å²) in [5.41, 5.74) is 1.31. The number of anilines is 1. The summed E-state index contributed by atoms with van der Waals surface area (Å²) in [6.45, 7) is 1.45. The molecule has 3 aliphatic heterocycles. The van der Waals surface area contributed by atoms with Gasteiger partial charge in [0, 0.05) is 31.6 Å². The molecule has 9 heteroatoms. The Morgan fingerprint density at radius 1 is 1.10 bits per heavy atom. The number of carboxylic acid groups (broad SMARTS) is 1. The van der Waals surface area contributed by atoms with E-state index in [1.807, 2.05) is 0 Å². The second kappa shape index (κ2) is 7.31. The fourth-order valence-electron chi connectivity index (χ4n) is 4.29. The minimum atomic E-state index is -0.976. The zero-order chi connectivity index (χ0) is 20.7. The second-order valence-corrected chi connectivity index (χ2v) is 7.71. The molecule has 1 aromatic rings. The van der Waals surface area contributed by atoms with Crippen molar-refractivity contribution in [1.29, 1.82) is 0 Å². The monoisotopic (exact) mass is 399 g/mol. The fourth-order valence-corrected chi connectivity index (χ4v) is 4.29. The lowest BCUT2D eigenvalue weighted by Gasteiger charge is -2.27. The minimum absolute atomic E-state index is 0.0839. The van der Waals surface area contributed by atoms with Crippen molar-refractivity contribution in [3.05, 3.63) is 29.3 Å². The van der Waals surface area contributed by atoms with Crippen LogP contribution < -0.4 is 10.2 Å². The predicted molar refractivity (Wildman–Crippen MR) is 100 cm³/mol. The number of hydrogen-bond donors (Lipinski definition) is 2. The summed E-state index contributed by atoms with van der Waals surface area (Å²) in [7, 11) is 0. The van der Waals surface area contributed by atoms with Crippen LogP contribution in [0, 0.1) is 5.92 Å². The van der Waals surface area contributed by atoms with Crippen LogP contribution in [-0.4, -0.2) is 58.7 Å². The summed E-state index contributed by atoms with van der Waals surface area (Å²) in [6, 6.07) is 4.07. The molecule has 3 aliphatic rings. The Balaban J connectivity index is 1.51. The third kappa shape index (κ3) is 3.48. The second-order valence-electron chi connectivity index (χ2n) is 7.71. The van der Waals surface area contributed by atoms with Gasteiger partial charge >= 0.3 is 5.97 Å². The number of hydrogen-bond acceptors (Lipinski definition) is 6. The maximum atomic E-state index is 12.9. The molecule has 0 spiro atoms. The van der Waals surface area contributed by atoms with Crippen LogP contribution in [-0.2, 0) is 14.4 Å². The Labute approximate surface area is 166 Å². The van der Waals surface area contributed by atoms with E-state index in [1.54, 1.807) is 18.2 Å². The van der Waals surface area contributed by atoms with Gasteiger partial charge in [0.05, 0.1) is 11.1 Å². The van der Waals surface area contributed by atoms with Crippen LogP contribution in [0.25, 0.3) is 0 Å². The highest BCUT2D eigenvalue weighted by Gasteiger charge is 2.44. The lowest BCUT2D eigenvalue weighted by molar-refractivity contribution is -0.138. The first kappa shape index (κ1) is 19.1. The Kier molecular flexibility index (Phi) is 4.81. The third-order valence-corrected chi connectivity index (χ3v) is 5.84. The Morgan fingerprint density at radius 2 is 1.86 bits per heavy atom. The van der Waals surface area contributed by atoms with Crippen LogP contribution in [0.5, 0.6) is 0 Å². The number of nitrogens with zero attached hydrogens (tertiary/aromatic N) is 2. The standard InChI is InChI=1S/C20H21N3O6/c24-16-5-4-15(18(27)21-16)23-19(28)13-3-2-12(9-14(13)20(23)29)22-8-7-11(10-22)1-6-17(25)26/h2-3,9,11,15H,1,4-8,10H2,(H,25,26)(H,21,24,27). The largest absolute Gasteiger partial charge is 0.481 e. The molecule has 2 unspecified atom stereocenters. The van der Waals surface area contributed by atoms with Gasteiger partial charge in [-0.25, -0.2) is 0 Å². The number of aliphatic carboxylic acids is 1. The highest BCUT2D eigenvalue weighted by molar-refractivity contribution is 6.23. The van der Waals surface area contributed by atoms with Crippen molar-refractivity contribution in [1.82, 2.24) is 10.2 Å². The van der Waals surface area contributed by atoms with Gasteiger partial charge in [0.1, 0.15) is 6.04 Å². The lowest BCUT2D eigenvalue weighted by atomic mass is 10.0. The van der Waals surface area contributed by atoms with Crippen molar-refractivity contribution < 1.29 is 29.1 Å². The number of imide groups is 2. The van der Waals surface area contributed by atoms with Crippen molar-refractivity contribution in [2.45, 2.75) is 38.1 Å². The summed E-state index contributed by atoms with van der Waals surface area (Å²) >= 11 is 0. The van der Waals surface area contributed by atoms with Gasteiger partial charge in [-0.1, -0.05) is 0 Å². The molecule has 0 saturated carbocycles. The molecule has 0 aromatic heterocycles. The van der Waals surface area contributed by atoms with Gasteiger partial charge in [-0.3, -0.25) is 34.2 Å².